The number of carbonyl (C=O) groups excluding carboxylic acids is 1. The summed E-state index contributed by atoms with van der Waals surface area (Å²) in [5.74, 6) is -0.615. The van der Waals surface area contributed by atoms with Crippen LogP contribution in [0.15, 0.2) is 23.1 Å². The Hall–Kier alpha value is -0.860. The summed E-state index contributed by atoms with van der Waals surface area (Å²) in [6.07, 6.45) is 3.48. The number of hydrogen-bond acceptors (Lipinski definition) is 5. The summed E-state index contributed by atoms with van der Waals surface area (Å²) in [4.78, 5) is 11.5. The van der Waals surface area contributed by atoms with Crippen molar-refractivity contribution < 1.29 is 17.9 Å². The summed E-state index contributed by atoms with van der Waals surface area (Å²) in [5, 5.41) is 0.0302. The maximum absolute atomic E-state index is 12.4. The molecular weight excluding hydrogens is 363 g/mol. The minimum Gasteiger partial charge on any atom is -0.465 e. The highest BCUT2D eigenvalue weighted by molar-refractivity contribution is 7.89. The van der Waals surface area contributed by atoms with Crippen LogP contribution in [0.5, 0.6) is 0 Å². The fourth-order valence-corrected chi connectivity index (χ4v) is 4.18. The average Bonchev–Trinajstić information content (AvgIpc) is 2.48. The first-order chi connectivity index (χ1) is 10.3. The molecule has 9 heteroatoms. The lowest BCUT2D eigenvalue weighted by molar-refractivity contribution is 0.0601. The van der Waals surface area contributed by atoms with Gasteiger partial charge in [-0.05, 0) is 31.0 Å². The van der Waals surface area contributed by atoms with Crippen LogP contribution in [0.4, 0.5) is 0 Å². The monoisotopic (exact) mass is 382 g/mol. The molecule has 0 radical (unpaired) electrons. The smallest absolute Gasteiger partial charge is 0.339 e. The van der Waals surface area contributed by atoms with Crippen molar-refractivity contribution in [1.82, 2.24) is 4.72 Å². The van der Waals surface area contributed by atoms with Gasteiger partial charge in [0.2, 0.25) is 10.0 Å². The van der Waals surface area contributed by atoms with Gasteiger partial charge in [-0.1, -0.05) is 24.4 Å². The highest BCUT2D eigenvalue weighted by atomic mass is 35.5. The van der Waals surface area contributed by atoms with E-state index in [9.17, 15) is 13.2 Å². The van der Waals surface area contributed by atoms with Gasteiger partial charge in [-0.15, -0.1) is 12.4 Å². The van der Waals surface area contributed by atoms with Crippen LogP contribution in [-0.2, 0) is 14.8 Å². The van der Waals surface area contributed by atoms with E-state index in [1.54, 1.807) is 0 Å². The number of ether oxygens (including phenoxy) is 1. The van der Waals surface area contributed by atoms with E-state index in [1.807, 2.05) is 0 Å². The second kappa shape index (κ2) is 8.30. The van der Waals surface area contributed by atoms with E-state index in [0.29, 0.717) is 6.42 Å². The zero-order valence-corrected chi connectivity index (χ0v) is 15.0. The zero-order chi connectivity index (χ0) is 16.3. The molecule has 0 aromatic heterocycles. The maximum atomic E-state index is 12.4. The van der Waals surface area contributed by atoms with Crippen LogP contribution in [0.25, 0.3) is 0 Å². The predicted molar refractivity (Wildman–Crippen MR) is 90.6 cm³/mol. The molecule has 6 nitrogen and oxygen atoms in total. The number of rotatable bonds is 4. The molecule has 1 aromatic rings. The van der Waals surface area contributed by atoms with Gasteiger partial charge >= 0.3 is 5.97 Å². The van der Waals surface area contributed by atoms with E-state index in [4.69, 9.17) is 17.3 Å². The number of nitrogens with one attached hydrogen (secondary N) is 1. The second-order valence-electron chi connectivity index (χ2n) is 5.31. The average molecular weight is 383 g/mol. The van der Waals surface area contributed by atoms with Gasteiger partial charge in [-0.25, -0.2) is 17.9 Å². The first-order valence-electron chi connectivity index (χ1n) is 7.01. The highest BCUT2D eigenvalue weighted by Gasteiger charge is 2.27. The molecule has 2 atom stereocenters. The first-order valence-corrected chi connectivity index (χ1v) is 8.87. The minimum absolute atomic E-state index is 0. The lowest BCUT2D eigenvalue weighted by Crippen LogP contribution is -2.49. The number of carbonyl (C=O) groups is 1. The normalized spacial score (nSPS) is 21.3. The Balaban J connectivity index is 0.00000264. The van der Waals surface area contributed by atoms with Gasteiger partial charge in [0, 0.05) is 12.1 Å². The molecule has 1 fully saturated rings. The topological polar surface area (TPSA) is 98.5 Å². The molecule has 3 N–H and O–H groups in total. The van der Waals surface area contributed by atoms with Gasteiger partial charge in [-0.3, -0.25) is 0 Å². The zero-order valence-electron chi connectivity index (χ0n) is 12.6. The first kappa shape index (κ1) is 20.2. The van der Waals surface area contributed by atoms with E-state index >= 15 is 0 Å². The van der Waals surface area contributed by atoms with E-state index < -0.39 is 16.0 Å². The second-order valence-corrected chi connectivity index (χ2v) is 7.43. The number of halogens is 2. The Bertz CT molecular complexity index is 667. The summed E-state index contributed by atoms with van der Waals surface area (Å²) in [5.41, 5.74) is 6.08. The van der Waals surface area contributed by atoms with Crippen molar-refractivity contribution in [3.05, 3.63) is 28.8 Å². The Labute approximate surface area is 147 Å². The van der Waals surface area contributed by atoms with E-state index in [0.717, 1.165) is 19.3 Å². The molecule has 0 saturated heterocycles. The molecule has 1 aromatic carbocycles. The molecule has 0 bridgehead atoms. The summed E-state index contributed by atoms with van der Waals surface area (Å²) < 4.78 is 32.0. The van der Waals surface area contributed by atoms with Crippen LogP contribution in [0.1, 0.15) is 36.0 Å². The van der Waals surface area contributed by atoms with Crippen LogP contribution < -0.4 is 10.5 Å². The molecule has 23 heavy (non-hydrogen) atoms. The molecule has 2 rings (SSSR count). The van der Waals surface area contributed by atoms with Crippen molar-refractivity contribution in [3.8, 4) is 0 Å². The molecule has 0 unspecified atom stereocenters. The fourth-order valence-electron chi connectivity index (χ4n) is 2.51. The van der Waals surface area contributed by atoms with Crippen LogP contribution in [0, 0.1) is 0 Å². The molecule has 0 aliphatic heterocycles. The van der Waals surface area contributed by atoms with Crippen molar-refractivity contribution in [3.63, 3.8) is 0 Å². The largest absolute Gasteiger partial charge is 0.465 e. The minimum atomic E-state index is -3.73. The molecule has 0 spiro atoms. The molecule has 0 heterocycles. The molecular formula is C14H20Cl2N2O4S. The third-order valence-corrected chi connectivity index (χ3v) is 5.58. The number of hydrogen-bond donors (Lipinski definition) is 2. The highest BCUT2D eigenvalue weighted by Crippen LogP contribution is 2.23. The van der Waals surface area contributed by atoms with Crippen LogP contribution in [-0.4, -0.2) is 33.6 Å². The lowest BCUT2D eigenvalue weighted by Gasteiger charge is -2.29. The molecule has 1 aliphatic carbocycles. The Morgan fingerprint density at radius 2 is 2.00 bits per heavy atom. The number of nitrogens with two attached hydrogens (primary N) is 1. The quantitative estimate of drug-likeness (QED) is 0.776. The fraction of sp³-hybridized carbons (Fsp3) is 0.500. The van der Waals surface area contributed by atoms with Gasteiger partial charge in [0.15, 0.2) is 0 Å². The molecule has 0 amide bonds. The molecule has 130 valence electrons. The third kappa shape index (κ3) is 4.81. The van der Waals surface area contributed by atoms with Crippen molar-refractivity contribution >= 4 is 40.0 Å². The van der Waals surface area contributed by atoms with Gasteiger partial charge in [0.25, 0.3) is 0 Å². The van der Waals surface area contributed by atoms with E-state index in [2.05, 4.69) is 9.46 Å². The van der Waals surface area contributed by atoms with Crippen molar-refractivity contribution in [2.75, 3.05) is 7.11 Å². The number of benzene rings is 1. The Kier molecular flexibility index (Phi) is 7.29. The van der Waals surface area contributed by atoms with Crippen molar-refractivity contribution in [2.45, 2.75) is 42.7 Å². The van der Waals surface area contributed by atoms with Gasteiger partial charge in [0.05, 0.1) is 22.6 Å². The van der Waals surface area contributed by atoms with Crippen LogP contribution >= 0.6 is 24.0 Å². The predicted octanol–water partition coefficient (Wildman–Crippen LogP) is 2.10. The lowest BCUT2D eigenvalue weighted by atomic mass is 9.92. The van der Waals surface area contributed by atoms with Crippen molar-refractivity contribution in [2.24, 2.45) is 5.73 Å². The maximum Gasteiger partial charge on any atom is 0.339 e. The van der Waals surface area contributed by atoms with Gasteiger partial charge < -0.3 is 10.5 Å². The van der Waals surface area contributed by atoms with Crippen LogP contribution in [0.3, 0.4) is 0 Å². The summed E-state index contributed by atoms with van der Waals surface area (Å²) in [6.45, 7) is 0. The summed E-state index contributed by atoms with van der Waals surface area (Å²) in [7, 11) is -2.50. The standard InChI is InChI=1S/C14H19ClN2O4S.ClH/c1-21-14(18)10-7-6-9(8-11(10)15)22(19,20)17-13-5-3-2-4-12(13)16;/h6-8,12-13,17H,2-5,16H2,1H3;1H/t12-,13-;/m1./s1. The summed E-state index contributed by atoms with van der Waals surface area (Å²) >= 11 is 5.96. The molecule has 1 saturated carbocycles. The molecule has 1 aliphatic rings. The van der Waals surface area contributed by atoms with Gasteiger partial charge in [-0.2, -0.15) is 0 Å². The third-order valence-electron chi connectivity index (χ3n) is 3.78. The SMILES string of the molecule is COC(=O)c1ccc(S(=O)(=O)N[C@@H]2CCCC[C@H]2N)cc1Cl.Cl. The van der Waals surface area contributed by atoms with E-state index in [-0.39, 0.29) is 40.0 Å². The van der Waals surface area contributed by atoms with Crippen molar-refractivity contribution in [1.29, 1.82) is 0 Å². The Morgan fingerprint density at radius 3 is 2.57 bits per heavy atom. The van der Waals surface area contributed by atoms with Crippen LogP contribution in [0.2, 0.25) is 5.02 Å². The number of methoxy groups -OCH3 is 1. The van der Waals surface area contributed by atoms with Gasteiger partial charge in [0.1, 0.15) is 0 Å². The summed E-state index contributed by atoms with van der Waals surface area (Å²) in [6, 6.07) is 3.44. The Morgan fingerprint density at radius 1 is 1.35 bits per heavy atom. The number of sulfonamides is 1. The van der Waals surface area contributed by atoms with E-state index in [1.165, 1.54) is 25.3 Å². The number of esters is 1.